The van der Waals surface area contributed by atoms with E-state index in [2.05, 4.69) is 48.2 Å². The van der Waals surface area contributed by atoms with E-state index in [-0.39, 0.29) is 17.5 Å². The molecule has 0 unspecified atom stereocenters. The highest BCUT2D eigenvalue weighted by atomic mass is 16.5. The maximum absolute atomic E-state index is 13.3. The second-order valence-corrected chi connectivity index (χ2v) is 10.1. The molecule has 2 aliphatic rings. The Morgan fingerprint density at radius 2 is 1.93 bits per heavy atom. The van der Waals surface area contributed by atoms with Gasteiger partial charge < -0.3 is 19.4 Å². The number of aromatic nitrogens is 4. The number of fused-ring (bicyclic) bond motifs is 1. The molecule has 5 heterocycles. The first-order valence-corrected chi connectivity index (χ1v) is 13.4. The fourth-order valence-corrected chi connectivity index (χ4v) is 5.39. The van der Waals surface area contributed by atoms with Gasteiger partial charge in [0.2, 0.25) is 0 Å². The van der Waals surface area contributed by atoms with Gasteiger partial charge in [-0.25, -0.2) is 10.1 Å². The minimum absolute atomic E-state index is 0.103. The number of carbonyl (C=O) groups excluding carboxylic acids is 1. The van der Waals surface area contributed by atoms with Crippen LogP contribution in [0.4, 0.5) is 11.5 Å². The first kappa shape index (κ1) is 26.0. The van der Waals surface area contributed by atoms with Gasteiger partial charge in [-0.2, -0.15) is 10.4 Å². The monoisotopic (exact) mass is 548 g/mol. The minimum atomic E-state index is -0.220. The Labute approximate surface area is 236 Å². The third kappa shape index (κ3) is 5.19. The van der Waals surface area contributed by atoms with Crippen LogP contribution in [0, 0.1) is 18.3 Å². The molecule has 0 bridgehead atoms. The highest BCUT2D eigenvalue weighted by Gasteiger charge is 2.32. The molecule has 0 aliphatic carbocycles. The number of nitrogens with zero attached hydrogens (tertiary/aromatic N) is 7. The summed E-state index contributed by atoms with van der Waals surface area (Å²) in [5.41, 5.74) is 4.41. The lowest BCUT2D eigenvalue weighted by Crippen LogP contribution is -2.49. The summed E-state index contributed by atoms with van der Waals surface area (Å²) < 4.78 is 6.22. The molecule has 3 aromatic heterocycles. The molecule has 41 heavy (non-hydrogen) atoms. The summed E-state index contributed by atoms with van der Waals surface area (Å²) in [4.78, 5) is 40.3. The number of nitriles is 1. The minimum Gasteiger partial charge on any atom is -0.489 e. The van der Waals surface area contributed by atoms with Crippen LogP contribution >= 0.6 is 0 Å². The summed E-state index contributed by atoms with van der Waals surface area (Å²) in [6.45, 7) is 5.10. The molecule has 0 saturated carbocycles. The molecule has 4 aromatic rings. The lowest BCUT2D eigenvalue weighted by atomic mass is 10.1. The Kier molecular flexibility index (Phi) is 7.04. The van der Waals surface area contributed by atoms with Crippen LogP contribution in [0.25, 0.3) is 0 Å². The molecule has 0 spiro atoms. The zero-order valence-electron chi connectivity index (χ0n) is 22.5. The summed E-state index contributed by atoms with van der Waals surface area (Å²) >= 11 is 0. The van der Waals surface area contributed by atoms with E-state index < -0.39 is 0 Å². The Hall–Kier alpha value is -5.24. The molecule has 1 amide bonds. The van der Waals surface area contributed by atoms with Crippen LogP contribution in [0.3, 0.4) is 0 Å². The van der Waals surface area contributed by atoms with Crippen molar-refractivity contribution in [2.75, 3.05) is 42.6 Å². The third-order valence-electron chi connectivity index (χ3n) is 7.65. The van der Waals surface area contributed by atoms with Crippen molar-refractivity contribution in [3.05, 3.63) is 105 Å². The second-order valence-electron chi connectivity index (χ2n) is 10.1. The van der Waals surface area contributed by atoms with Gasteiger partial charge in [0, 0.05) is 50.7 Å². The number of hydrogen-bond acceptors (Lipinski definition) is 9. The van der Waals surface area contributed by atoms with Crippen LogP contribution in [-0.2, 0) is 6.54 Å². The van der Waals surface area contributed by atoms with Gasteiger partial charge in [0.1, 0.15) is 24.2 Å². The predicted octanol–water partition coefficient (Wildman–Crippen LogP) is 2.84. The number of pyridine rings is 2. The molecule has 11 heteroatoms. The van der Waals surface area contributed by atoms with Crippen molar-refractivity contribution in [1.29, 1.82) is 5.26 Å². The number of piperazine rings is 1. The average Bonchev–Trinajstić information content (AvgIpc) is 3.39. The maximum Gasteiger partial charge on any atom is 0.269 e. The van der Waals surface area contributed by atoms with E-state index in [0.717, 1.165) is 22.6 Å². The largest absolute Gasteiger partial charge is 0.489 e. The van der Waals surface area contributed by atoms with Gasteiger partial charge in [-0.05, 0) is 36.2 Å². The number of carbonyl (C=O) groups is 1. The fourth-order valence-electron chi connectivity index (χ4n) is 5.39. The number of amides is 1. The van der Waals surface area contributed by atoms with Crippen LogP contribution in [0.5, 0.6) is 5.75 Å². The molecule has 11 nitrogen and oxygen atoms in total. The van der Waals surface area contributed by atoms with Crippen LogP contribution < -0.4 is 20.1 Å². The van der Waals surface area contributed by atoms with Gasteiger partial charge in [0.25, 0.3) is 11.5 Å². The second kappa shape index (κ2) is 11.1. The molecule has 0 radical (unpaired) electrons. The number of nitrogens with one attached hydrogen (secondary N) is 1. The van der Waals surface area contributed by atoms with E-state index in [4.69, 9.17) is 10.00 Å². The van der Waals surface area contributed by atoms with E-state index >= 15 is 0 Å². The van der Waals surface area contributed by atoms with Gasteiger partial charge in [0.15, 0.2) is 0 Å². The molecule has 206 valence electrons. The van der Waals surface area contributed by atoms with E-state index in [0.29, 0.717) is 61.8 Å². The Morgan fingerprint density at radius 3 is 2.71 bits per heavy atom. The maximum atomic E-state index is 13.3. The van der Waals surface area contributed by atoms with Gasteiger partial charge in [-0.3, -0.25) is 14.6 Å². The summed E-state index contributed by atoms with van der Waals surface area (Å²) in [6.07, 6.45) is 6.40. The lowest BCUT2D eigenvalue weighted by molar-refractivity contribution is 0.0745. The summed E-state index contributed by atoms with van der Waals surface area (Å²) in [6, 6.07) is 15.4. The SMILES string of the molecule is Cc1c(N2Cc3ccccc3[C@@H]2COc2cncc(C(=O)N3CCN(c4ccc(C#N)cn4)CC3)c2)cn[nH]c1=O. The number of rotatable bonds is 6. The molecule has 6 rings (SSSR count). The van der Waals surface area contributed by atoms with E-state index in [1.807, 2.05) is 18.2 Å². The first-order valence-electron chi connectivity index (χ1n) is 13.4. The normalized spacial score (nSPS) is 16.3. The van der Waals surface area contributed by atoms with E-state index in [9.17, 15) is 9.59 Å². The van der Waals surface area contributed by atoms with Gasteiger partial charge in [-0.1, -0.05) is 24.3 Å². The van der Waals surface area contributed by atoms with E-state index in [1.165, 1.54) is 0 Å². The summed E-state index contributed by atoms with van der Waals surface area (Å²) in [5.74, 6) is 1.19. The lowest BCUT2D eigenvalue weighted by Gasteiger charge is -2.35. The third-order valence-corrected chi connectivity index (χ3v) is 7.65. The standard InChI is InChI=1S/C30H28N8O3/c1-20-26(17-34-35-29(20)39)38-18-22-4-2-3-5-25(22)27(38)19-41-24-12-23(15-32-16-24)30(40)37-10-8-36(9-11-37)28-7-6-21(13-31)14-33-28/h2-7,12,14-17,27H,8-11,18-19H2,1H3,(H,35,39)/t27-/m0/s1. The van der Waals surface area contributed by atoms with Crippen molar-refractivity contribution in [1.82, 2.24) is 25.1 Å². The van der Waals surface area contributed by atoms with Crippen molar-refractivity contribution < 1.29 is 9.53 Å². The smallest absolute Gasteiger partial charge is 0.269 e. The highest BCUT2D eigenvalue weighted by molar-refractivity contribution is 5.94. The molecule has 1 fully saturated rings. The zero-order chi connectivity index (χ0) is 28.3. The topological polar surface area (TPSA) is 131 Å². The molecular weight excluding hydrogens is 520 g/mol. The van der Waals surface area contributed by atoms with Crippen LogP contribution in [-0.4, -0.2) is 63.8 Å². The zero-order valence-corrected chi connectivity index (χ0v) is 22.5. The van der Waals surface area contributed by atoms with Gasteiger partial charge in [-0.15, -0.1) is 0 Å². The van der Waals surface area contributed by atoms with Crippen LogP contribution in [0.1, 0.15) is 38.7 Å². The molecule has 1 aromatic carbocycles. The average molecular weight is 549 g/mol. The van der Waals surface area contributed by atoms with Crippen molar-refractivity contribution in [3.8, 4) is 11.8 Å². The number of hydrogen-bond donors (Lipinski definition) is 1. The van der Waals surface area contributed by atoms with Gasteiger partial charge >= 0.3 is 0 Å². The summed E-state index contributed by atoms with van der Waals surface area (Å²) in [5, 5.41) is 15.5. The van der Waals surface area contributed by atoms with Crippen LogP contribution in [0.2, 0.25) is 0 Å². The fraction of sp³-hybridized carbons (Fsp3) is 0.267. The Bertz CT molecular complexity index is 1670. The number of anilines is 2. The van der Waals surface area contributed by atoms with Gasteiger partial charge in [0.05, 0.1) is 35.2 Å². The number of benzene rings is 1. The Morgan fingerprint density at radius 1 is 1.10 bits per heavy atom. The number of H-pyrrole nitrogens is 1. The molecule has 2 aliphatic heterocycles. The summed E-state index contributed by atoms with van der Waals surface area (Å²) in [7, 11) is 0. The van der Waals surface area contributed by atoms with Crippen molar-refractivity contribution >= 4 is 17.4 Å². The molecule has 1 N–H and O–H groups in total. The first-order chi connectivity index (χ1) is 20.0. The van der Waals surface area contributed by atoms with E-state index in [1.54, 1.807) is 48.7 Å². The Balaban J connectivity index is 1.13. The predicted molar refractivity (Wildman–Crippen MR) is 152 cm³/mol. The molecule has 1 atom stereocenters. The van der Waals surface area contributed by atoms with Crippen molar-refractivity contribution in [2.24, 2.45) is 0 Å². The van der Waals surface area contributed by atoms with Crippen molar-refractivity contribution in [3.63, 3.8) is 0 Å². The highest BCUT2D eigenvalue weighted by Crippen LogP contribution is 2.38. The van der Waals surface area contributed by atoms with Crippen molar-refractivity contribution in [2.45, 2.75) is 19.5 Å². The molecule has 1 saturated heterocycles. The number of aromatic amines is 1. The van der Waals surface area contributed by atoms with Crippen LogP contribution in [0.15, 0.2) is 72.0 Å². The molecular formula is C30H28N8O3. The number of ether oxygens (including phenoxy) is 1. The quantitative estimate of drug-likeness (QED) is 0.386.